The second kappa shape index (κ2) is 5.80. The maximum Gasteiger partial charge on any atom is 0.186 e. The van der Waals surface area contributed by atoms with Crippen molar-refractivity contribution in [3.8, 4) is 0 Å². The second-order valence-corrected chi connectivity index (χ2v) is 5.45. The van der Waals surface area contributed by atoms with E-state index in [1.165, 1.54) is 11.3 Å². The van der Waals surface area contributed by atoms with Crippen molar-refractivity contribution >= 4 is 40.3 Å². The predicted molar refractivity (Wildman–Crippen MR) is 74.5 cm³/mol. The molecule has 0 aliphatic rings. The molecule has 0 aliphatic heterocycles. The van der Waals surface area contributed by atoms with E-state index in [2.05, 4.69) is 4.98 Å². The number of carbonyl (C=O) groups is 1. The largest absolute Gasteiger partial charge is 0.325 e. The van der Waals surface area contributed by atoms with Gasteiger partial charge in [-0.1, -0.05) is 23.2 Å². The van der Waals surface area contributed by atoms with Crippen LogP contribution in [0.5, 0.6) is 0 Å². The van der Waals surface area contributed by atoms with Crippen LogP contribution in [-0.4, -0.2) is 10.8 Å². The van der Waals surface area contributed by atoms with Crippen molar-refractivity contribution in [1.29, 1.82) is 0 Å². The lowest BCUT2D eigenvalue weighted by molar-refractivity contribution is 0.0988. The average molecular weight is 301 g/mol. The third-order valence-electron chi connectivity index (χ3n) is 2.37. The molecule has 2 aromatic rings. The first kappa shape index (κ1) is 13.5. The normalized spacial score (nSPS) is 10.6. The standard InChI is InChI=1S/C12H10Cl2N2OS/c13-8-1-2-9(14)7(3-8)4-11(17)10-6-18-12(5-15)16-10/h1-3,6H,4-5,15H2. The molecule has 2 N–H and O–H groups in total. The summed E-state index contributed by atoms with van der Waals surface area (Å²) in [5.41, 5.74) is 6.59. The highest BCUT2D eigenvalue weighted by molar-refractivity contribution is 7.09. The van der Waals surface area contributed by atoms with Gasteiger partial charge in [0.25, 0.3) is 0 Å². The molecule has 0 atom stereocenters. The van der Waals surface area contributed by atoms with E-state index in [-0.39, 0.29) is 12.2 Å². The summed E-state index contributed by atoms with van der Waals surface area (Å²) in [6.45, 7) is 0.343. The maximum absolute atomic E-state index is 12.0. The summed E-state index contributed by atoms with van der Waals surface area (Å²) in [6.07, 6.45) is 0.188. The Morgan fingerprint density at radius 1 is 1.39 bits per heavy atom. The molecule has 1 heterocycles. The van der Waals surface area contributed by atoms with Gasteiger partial charge >= 0.3 is 0 Å². The summed E-state index contributed by atoms with van der Waals surface area (Å²) < 4.78 is 0. The van der Waals surface area contributed by atoms with Crippen molar-refractivity contribution in [1.82, 2.24) is 4.98 Å². The lowest BCUT2D eigenvalue weighted by atomic mass is 10.1. The minimum absolute atomic E-state index is 0.0879. The van der Waals surface area contributed by atoms with E-state index in [1.807, 2.05) is 0 Å². The number of rotatable bonds is 4. The number of hydrogen-bond acceptors (Lipinski definition) is 4. The number of thiazole rings is 1. The molecule has 6 heteroatoms. The number of benzene rings is 1. The Bertz CT molecular complexity index is 583. The molecule has 0 radical (unpaired) electrons. The van der Waals surface area contributed by atoms with Crippen LogP contribution in [0, 0.1) is 0 Å². The van der Waals surface area contributed by atoms with Crippen LogP contribution in [0.3, 0.4) is 0 Å². The van der Waals surface area contributed by atoms with Crippen molar-refractivity contribution in [3.05, 3.63) is 49.9 Å². The molecule has 3 nitrogen and oxygen atoms in total. The van der Waals surface area contributed by atoms with Crippen LogP contribution < -0.4 is 5.73 Å². The molecule has 0 saturated heterocycles. The average Bonchev–Trinajstić information content (AvgIpc) is 2.82. The molecule has 0 amide bonds. The predicted octanol–water partition coefficient (Wildman–Crippen LogP) is 3.33. The maximum atomic E-state index is 12.0. The van der Waals surface area contributed by atoms with Crippen LogP contribution in [0.2, 0.25) is 10.0 Å². The number of ketones is 1. The summed E-state index contributed by atoms with van der Waals surface area (Å²) in [6, 6.07) is 5.06. The zero-order valence-corrected chi connectivity index (χ0v) is 11.6. The van der Waals surface area contributed by atoms with Crippen LogP contribution in [0.4, 0.5) is 0 Å². The summed E-state index contributed by atoms with van der Waals surface area (Å²) in [5, 5.41) is 3.55. The van der Waals surface area contributed by atoms with Gasteiger partial charge in [-0.25, -0.2) is 4.98 Å². The van der Waals surface area contributed by atoms with E-state index in [1.54, 1.807) is 23.6 Å². The SMILES string of the molecule is NCc1nc(C(=O)Cc2cc(Cl)ccc2Cl)cs1. The fourth-order valence-corrected chi connectivity index (χ4v) is 2.53. The number of nitrogens with two attached hydrogens (primary N) is 1. The molecule has 0 aliphatic carbocycles. The summed E-state index contributed by atoms with van der Waals surface area (Å²) in [5.74, 6) is -0.0879. The minimum Gasteiger partial charge on any atom is -0.325 e. The Balaban J connectivity index is 2.18. The topological polar surface area (TPSA) is 56.0 Å². The quantitative estimate of drug-likeness (QED) is 0.881. The van der Waals surface area contributed by atoms with Gasteiger partial charge in [-0.2, -0.15) is 0 Å². The van der Waals surface area contributed by atoms with Gasteiger partial charge < -0.3 is 5.73 Å². The first-order valence-corrected chi connectivity index (χ1v) is 6.85. The third kappa shape index (κ3) is 3.09. The van der Waals surface area contributed by atoms with Gasteiger partial charge in [0.1, 0.15) is 10.7 Å². The molecule has 0 spiro atoms. The molecule has 0 saturated carbocycles. The first-order valence-electron chi connectivity index (χ1n) is 5.21. The Kier molecular flexibility index (Phi) is 4.35. The molecular formula is C12H10Cl2N2OS. The molecule has 0 unspecified atom stereocenters. The lowest BCUT2D eigenvalue weighted by Gasteiger charge is -2.02. The van der Waals surface area contributed by atoms with Crippen LogP contribution in [0.15, 0.2) is 23.6 Å². The van der Waals surface area contributed by atoms with Gasteiger partial charge in [-0.3, -0.25) is 4.79 Å². The summed E-state index contributed by atoms with van der Waals surface area (Å²) in [4.78, 5) is 16.2. The number of nitrogens with zero attached hydrogens (tertiary/aromatic N) is 1. The Morgan fingerprint density at radius 2 is 2.17 bits per heavy atom. The smallest absolute Gasteiger partial charge is 0.186 e. The first-order chi connectivity index (χ1) is 8.60. The van der Waals surface area contributed by atoms with Crippen molar-refractivity contribution in [2.45, 2.75) is 13.0 Å². The molecule has 1 aromatic carbocycles. The molecule has 0 bridgehead atoms. The minimum atomic E-state index is -0.0879. The van der Waals surface area contributed by atoms with Crippen LogP contribution >= 0.6 is 34.5 Å². The monoisotopic (exact) mass is 300 g/mol. The fraction of sp³-hybridized carbons (Fsp3) is 0.167. The summed E-state index contributed by atoms with van der Waals surface area (Å²) >= 11 is 13.3. The van der Waals surface area contributed by atoms with Crippen molar-refractivity contribution in [3.63, 3.8) is 0 Å². The Hall–Kier alpha value is -0.940. The number of Topliss-reactive ketones (excluding diaryl/α,β-unsaturated/α-hetero) is 1. The van der Waals surface area contributed by atoms with Gasteiger partial charge in [0.2, 0.25) is 0 Å². The van der Waals surface area contributed by atoms with Crippen molar-refractivity contribution in [2.24, 2.45) is 5.73 Å². The van der Waals surface area contributed by atoms with Crippen LogP contribution in [0.25, 0.3) is 0 Å². The highest BCUT2D eigenvalue weighted by atomic mass is 35.5. The highest BCUT2D eigenvalue weighted by Gasteiger charge is 2.13. The van der Waals surface area contributed by atoms with E-state index in [0.717, 1.165) is 5.01 Å². The van der Waals surface area contributed by atoms with Crippen molar-refractivity contribution < 1.29 is 4.79 Å². The van der Waals surface area contributed by atoms with Gasteiger partial charge in [0.15, 0.2) is 5.78 Å². The molecule has 18 heavy (non-hydrogen) atoms. The van der Waals surface area contributed by atoms with Crippen LogP contribution in [-0.2, 0) is 13.0 Å². The van der Waals surface area contributed by atoms with E-state index in [9.17, 15) is 4.79 Å². The highest BCUT2D eigenvalue weighted by Crippen LogP contribution is 2.22. The van der Waals surface area contributed by atoms with E-state index >= 15 is 0 Å². The lowest BCUT2D eigenvalue weighted by Crippen LogP contribution is -2.05. The Morgan fingerprint density at radius 3 is 2.83 bits per heavy atom. The molecule has 94 valence electrons. The Labute approximate surface area is 119 Å². The van der Waals surface area contributed by atoms with Gasteiger partial charge in [0, 0.05) is 28.4 Å². The van der Waals surface area contributed by atoms with E-state index in [0.29, 0.717) is 27.8 Å². The third-order valence-corrected chi connectivity index (χ3v) is 3.85. The second-order valence-electron chi connectivity index (χ2n) is 3.67. The zero-order chi connectivity index (χ0) is 13.1. The van der Waals surface area contributed by atoms with Crippen LogP contribution in [0.1, 0.15) is 21.1 Å². The van der Waals surface area contributed by atoms with E-state index in [4.69, 9.17) is 28.9 Å². The number of carbonyl (C=O) groups excluding carboxylic acids is 1. The van der Waals surface area contributed by atoms with Gasteiger partial charge in [-0.15, -0.1) is 11.3 Å². The molecule has 1 aromatic heterocycles. The zero-order valence-electron chi connectivity index (χ0n) is 9.32. The molecule has 2 rings (SSSR count). The number of aromatic nitrogens is 1. The number of halogens is 2. The van der Waals surface area contributed by atoms with Gasteiger partial charge in [0.05, 0.1) is 0 Å². The summed E-state index contributed by atoms with van der Waals surface area (Å²) in [7, 11) is 0. The fourth-order valence-electron chi connectivity index (χ4n) is 1.48. The van der Waals surface area contributed by atoms with Crippen molar-refractivity contribution in [2.75, 3.05) is 0 Å². The number of hydrogen-bond donors (Lipinski definition) is 1. The van der Waals surface area contributed by atoms with E-state index < -0.39 is 0 Å². The molecule has 0 fully saturated rings. The molecular weight excluding hydrogens is 291 g/mol. The van der Waals surface area contributed by atoms with Gasteiger partial charge in [-0.05, 0) is 23.8 Å².